The second-order valence-electron chi connectivity index (χ2n) is 25.2. The van der Waals surface area contributed by atoms with E-state index in [4.69, 9.17) is 61.6 Å². The quantitative estimate of drug-likeness (QED) is 0.0116. The zero-order valence-electron chi connectivity index (χ0n) is 57.5. The Morgan fingerprint density at radius 1 is 0.753 bits per heavy atom. The van der Waals surface area contributed by atoms with Crippen molar-refractivity contribution in [3.8, 4) is 0 Å². The number of azide groups is 1. The molecule has 16 atom stereocenters. The standard InChI is InChI=1S/C68H113N5O20/c1-12-84-28-29-86-32-33-88-36-37-90-39-38-89-35-34-87-31-30-85-27-25-70-67(79)92-57-24-22-53(43-60(57)82-10)42-49(5)59-45-55(71-72-69)48(4)41-51(7)62(75)63(83-11)61(74)50(6)40-46(2)18-14-13-15-19-47(3)58(81-9)44-54-23-21-52(8)68(80,93-54)64(76)65(77)73-26-17-16-20-56(73)66(78)91-59/h13-15,18-19,41,46,48-50,52-60,62-63,75,80H,12,16-17,20-40,42-45H2,1-11H3,(H,70,79)/b15-13+,18-14+,47-19+,51-41+/t46-,48-,49-,50-,52-,53+,54+,55+,56+,57?,58+,59+,60-,62-,63+,68-/m1/s1. The summed E-state index contributed by atoms with van der Waals surface area (Å²) < 4.78 is 74.4. The summed E-state index contributed by atoms with van der Waals surface area (Å²) >= 11 is 0. The molecular formula is C68H113N5O20. The number of nitrogens with zero attached hydrogens (tertiary/aromatic N) is 4. The van der Waals surface area contributed by atoms with E-state index in [9.17, 15) is 39.7 Å². The molecule has 2 bridgehead atoms. The number of Topliss-reactive ketones (excluding diaryl/α,β-unsaturated/α-hetero) is 2. The Morgan fingerprint density at radius 2 is 1.38 bits per heavy atom. The van der Waals surface area contributed by atoms with Gasteiger partial charge >= 0.3 is 12.1 Å². The van der Waals surface area contributed by atoms with Crippen LogP contribution in [0, 0.1) is 35.5 Å². The summed E-state index contributed by atoms with van der Waals surface area (Å²) in [6.45, 7) is 21.4. The summed E-state index contributed by atoms with van der Waals surface area (Å²) in [5.41, 5.74) is 11.3. The highest BCUT2D eigenvalue weighted by Crippen LogP contribution is 2.39. The van der Waals surface area contributed by atoms with Gasteiger partial charge in [0.05, 0.1) is 104 Å². The summed E-state index contributed by atoms with van der Waals surface area (Å²) in [7, 11) is 4.52. The summed E-state index contributed by atoms with van der Waals surface area (Å²) in [4.78, 5) is 75.3. The van der Waals surface area contributed by atoms with E-state index in [1.807, 2.05) is 71.9 Å². The molecule has 25 nitrogen and oxygen atoms in total. The molecule has 3 fully saturated rings. The number of aliphatic hydroxyl groups is 2. The second kappa shape index (κ2) is 44.9. The number of allylic oxidation sites excluding steroid dienone is 5. The topological polar surface area (TPSA) is 310 Å². The summed E-state index contributed by atoms with van der Waals surface area (Å²) in [6, 6.07) is -2.04. The van der Waals surface area contributed by atoms with Crippen LogP contribution in [0.5, 0.6) is 0 Å². The largest absolute Gasteiger partial charge is 0.461 e. The smallest absolute Gasteiger partial charge is 0.407 e. The van der Waals surface area contributed by atoms with Crippen molar-refractivity contribution in [1.82, 2.24) is 10.2 Å². The van der Waals surface area contributed by atoms with Crippen LogP contribution in [0.4, 0.5) is 4.79 Å². The van der Waals surface area contributed by atoms with Crippen LogP contribution in [0.25, 0.3) is 10.4 Å². The van der Waals surface area contributed by atoms with Gasteiger partial charge < -0.3 is 82.0 Å². The van der Waals surface area contributed by atoms with E-state index >= 15 is 0 Å². The van der Waals surface area contributed by atoms with E-state index < -0.39 is 108 Å². The normalized spacial score (nSPS) is 32.4. The molecule has 3 heterocycles. The van der Waals surface area contributed by atoms with E-state index in [0.29, 0.717) is 156 Å². The lowest BCUT2D eigenvalue weighted by Gasteiger charge is -2.43. The van der Waals surface area contributed by atoms with Gasteiger partial charge in [-0.3, -0.25) is 14.4 Å². The number of methoxy groups -OCH3 is 3. The fourth-order valence-electron chi connectivity index (χ4n) is 12.5. The maximum atomic E-state index is 14.8. The predicted molar refractivity (Wildman–Crippen MR) is 347 cm³/mol. The number of esters is 1. The van der Waals surface area contributed by atoms with Crippen molar-refractivity contribution in [3.63, 3.8) is 0 Å². The number of hydrogen-bond donors (Lipinski definition) is 3. The number of ketones is 2. The highest BCUT2D eigenvalue weighted by molar-refractivity contribution is 6.39. The number of fused-ring (bicyclic) bond motifs is 3. The van der Waals surface area contributed by atoms with Gasteiger partial charge in [-0.2, -0.15) is 0 Å². The molecule has 3 N–H and O–H groups in total. The summed E-state index contributed by atoms with van der Waals surface area (Å²) in [5.74, 6) is -7.90. The Kier molecular flexibility index (Phi) is 39.0. The molecule has 2 saturated heterocycles. The van der Waals surface area contributed by atoms with E-state index in [0.717, 1.165) is 5.57 Å². The van der Waals surface area contributed by atoms with E-state index in [1.165, 1.54) is 12.0 Å². The number of carbonyl (C=O) groups excluding carboxylic acids is 5. The summed E-state index contributed by atoms with van der Waals surface area (Å²) in [6.07, 6.45) is 10.2. The highest BCUT2D eigenvalue weighted by atomic mass is 16.6. The first-order valence-corrected chi connectivity index (χ1v) is 33.7. The molecule has 2 amide bonds. The number of nitrogens with one attached hydrogen (secondary N) is 1. The molecule has 0 spiro atoms. The summed E-state index contributed by atoms with van der Waals surface area (Å²) in [5, 5.41) is 30.8. The Labute approximate surface area is 552 Å². The second-order valence-corrected chi connectivity index (χ2v) is 25.2. The van der Waals surface area contributed by atoms with Crippen LogP contribution in [0.3, 0.4) is 0 Å². The Hall–Kier alpha value is -4.70. The minimum Gasteiger partial charge on any atom is -0.461 e. The first-order valence-electron chi connectivity index (χ1n) is 33.7. The Bertz CT molecular complexity index is 2390. The number of alkyl carbamates (subject to hydrolysis) is 1. The molecular weight excluding hydrogens is 1210 g/mol. The van der Waals surface area contributed by atoms with Gasteiger partial charge in [-0.05, 0) is 132 Å². The molecule has 0 aromatic heterocycles. The van der Waals surface area contributed by atoms with E-state index in [1.54, 1.807) is 34.1 Å². The van der Waals surface area contributed by atoms with Crippen molar-refractivity contribution in [2.45, 2.75) is 193 Å². The fourth-order valence-corrected chi connectivity index (χ4v) is 12.5. The van der Waals surface area contributed by atoms with Crippen molar-refractivity contribution >= 4 is 29.5 Å². The molecule has 1 unspecified atom stereocenters. The maximum absolute atomic E-state index is 14.8. The van der Waals surface area contributed by atoms with Crippen molar-refractivity contribution in [3.05, 3.63) is 58.0 Å². The van der Waals surface area contributed by atoms with Crippen LogP contribution in [0.2, 0.25) is 0 Å². The number of rotatable bonds is 30. The Morgan fingerprint density at radius 3 is 1.97 bits per heavy atom. The molecule has 530 valence electrons. The first kappa shape index (κ1) is 80.7. The number of hydrogen-bond acceptors (Lipinski definition) is 21. The number of carbonyl (C=O) groups is 5. The molecule has 1 aliphatic carbocycles. The number of ether oxygens (including phenoxy) is 13. The van der Waals surface area contributed by atoms with Gasteiger partial charge in [0.1, 0.15) is 30.5 Å². The highest BCUT2D eigenvalue weighted by Gasteiger charge is 2.53. The molecule has 4 aliphatic rings. The van der Waals surface area contributed by atoms with Crippen LogP contribution in [-0.2, 0) is 80.8 Å². The minimum absolute atomic E-state index is 0.00169. The van der Waals surface area contributed by atoms with Crippen LogP contribution in [0.15, 0.2) is 52.7 Å². The zero-order valence-corrected chi connectivity index (χ0v) is 57.5. The van der Waals surface area contributed by atoms with Crippen molar-refractivity contribution in [2.24, 2.45) is 40.6 Å². The van der Waals surface area contributed by atoms with Crippen molar-refractivity contribution in [1.29, 1.82) is 0 Å². The molecule has 25 heteroatoms. The minimum atomic E-state index is -2.47. The van der Waals surface area contributed by atoms with Gasteiger partial charge in [-0.25, -0.2) is 9.59 Å². The van der Waals surface area contributed by atoms with Crippen LogP contribution < -0.4 is 5.32 Å². The fraction of sp³-hybridized carbons (Fsp3) is 0.809. The lowest BCUT2D eigenvalue weighted by atomic mass is 9.78. The van der Waals surface area contributed by atoms with E-state index in [2.05, 4.69) is 15.3 Å². The maximum Gasteiger partial charge on any atom is 0.407 e. The van der Waals surface area contributed by atoms with Gasteiger partial charge in [0.2, 0.25) is 5.79 Å². The molecule has 3 aliphatic heterocycles. The molecule has 0 aromatic rings. The number of amides is 2. The average molecular weight is 1320 g/mol. The van der Waals surface area contributed by atoms with Crippen LogP contribution in [-0.4, -0.2) is 232 Å². The number of aliphatic hydroxyl groups excluding tert-OH is 1. The van der Waals surface area contributed by atoms with Gasteiger partial charge in [0.15, 0.2) is 5.78 Å². The van der Waals surface area contributed by atoms with Gasteiger partial charge in [-0.15, -0.1) is 0 Å². The number of piperidine rings is 1. The first-order chi connectivity index (χ1) is 44.7. The van der Waals surface area contributed by atoms with Gasteiger partial charge in [0, 0.05) is 70.2 Å². The predicted octanol–water partition coefficient (Wildman–Crippen LogP) is 8.16. The lowest BCUT2D eigenvalue weighted by molar-refractivity contribution is -0.265. The van der Waals surface area contributed by atoms with Crippen molar-refractivity contribution < 1.29 is 95.8 Å². The van der Waals surface area contributed by atoms with Gasteiger partial charge in [0.25, 0.3) is 11.7 Å². The SMILES string of the molecule is CCOCCOCCOCCOCCOCCOCCOCCNC(=O)OC1CC[C@@H](C[C@@H](C)[C@@H]2C[C@H](N=[N+]=[N-])[C@H](C)/C=C(\C)[C@@H](O)[C@@H](OC)C(=O)[C@H](C)C[C@H](C)/C=C/C=C/C=C(\C)[C@@H](OC)C[C@@H]3CC[C@@H](C)[C@@](O)(O3)C(=O)C(=O)N3CCCC[C@H]3C(=O)O2)C[C@H]1OC. The number of cyclic esters (lactones) is 1. The third kappa shape index (κ3) is 28.1. The zero-order chi connectivity index (χ0) is 68.1. The third-order valence-corrected chi connectivity index (χ3v) is 18.0. The lowest BCUT2D eigenvalue weighted by Crippen LogP contribution is -2.61. The molecule has 4 rings (SSSR count). The van der Waals surface area contributed by atoms with Crippen LogP contribution >= 0.6 is 0 Å². The van der Waals surface area contributed by atoms with E-state index in [-0.39, 0.29) is 50.2 Å². The molecule has 93 heavy (non-hydrogen) atoms. The molecule has 0 aromatic carbocycles. The monoisotopic (exact) mass is 1320 g/mol. The molecule has 1 saturated carbocycles. The van der Waals surface area contributed by atoms with Gasteiger partial charge in [-0.1, -0.05) is 76.2 Å². The Balaban J connectivity index is 1.42. The average Bonchev–Trinajstić information content (AvgIpc) is 0.799. The van der Waals surface area contributed by atoms with Crippen LogP contribution in [0.1, 0.15) is 132 Å². The third-order valence-electron chi connectivity index (χ3n) is 18.0. The van der Waals surface area contributed by atoms with Crippen molar-refractivity contribution in [2.75, 3.05) is 127 Å². The molecule has 0 radical (unpaired) electrons.